The molecule has 0 amide bonds. The second-order valence-corrected chi connectivity index (χ2v) is 5.21. The summed E-state index contributed by atoms with van der Waals surface area (Å²) in [4.78, 5) is 32.9. The number of hydrogen-bond acceptors (Lipinski definition) is 8. The van der Waals surface area contributed by atoms with Crippen LogP contribution < -0.4 is 0 Å². The summed E-state index contributed by atoms with van der Waals surface area (Å²) in [7, 11) is 0. The largest absolute Gasteiger partial charge is 0.456 e. The lowest BCUT2D eigenvalue weighted by atomic mass is 10.1. The third-order valence-electron chi connectivity index (χ3n) is 2.34. The van der Waals surface area contributed by atoms with E-state index >= 15 is 0 Å². The molecule has 108 valence electrons. The number of hydrogen-bond donors (Lipinski definition) is 1. The van der Waals surface area contributed by atoms with E-state index in [0.29, 0.717) is 0 Å². The van der Waals surface area contributed by atoms with E-state index in [1.807, 2.05) is 0 Å². The predicted molar refractivity (Wildman–Crippen MR) is 65.1 cm³/mol. The minimum atomic E-state index is -1.38. The molecule has 0 aliphatic carbocycles. The van der Waals surface area contributed by atoms with Gasteiger partial charge in [0, 0.05) is 26.5 Å². The van der Waals surface area contributed by atoms with Crippen LogP contribution in [0.2, 0.25) is 0 Å². The Kier molecular flexibility index (Phi) is 5.77. The van der Waals surface area contributed by atoms with Crippen molar-refractivity contribution in [3.63, 3.8) is 0 Å². The molecule has 1 rings (SSSR count). The molecule has 1 heterocycles. The number of carbonyl (C=O) groups is 3. The SMILES string of the molecule is CC(=O)O[C@@H]1[C@H](OC(C)=O)[C@@H](CSC(C)=O)O[C@H]1O. The first-order chi connectivity index (χ1) is 8.81. The maximum Gasteiger partial charge on any atom is 0.303 e. The van der Waals surface area contributed by atoms with Crippen LogP contribution in [-0.2, 0) is 28.6 Å². The van der Waals surface area contributed by atoms with Gasteiger partial charge in [-0.2, -0.15) is 0 Å². The Morgan fingerprint density at radius 3 is 2.11 bits per heavy atom. The molecule has 0 aromatic heterocycles. The van der Waals surface area contributed by atoms with Crippen LogP contribution in [-0.4, -0.2) is 52.5 Å². The molecule has 0 saturated carbocycles. The molecular formula is C11H16O7S. The molecule has 0 aromatic rings. The van der Waals surface area contributed by atoms with Crippen molar-refractivity contribution in [2.24, 2.45) is 0 Å². The first-order valence-electron chi connectivity index (χ1n) is 5.62. The highest BCUT2D eigenvalue weighted by atomic mass is 32.2. The lowest BCUT2D eigenvalue weighted by Crippen LogP contribution is -2.40. The van der Waals surface area contributed by atoms with Gasteiger partial charge in [0.1, 0.15) is 6.10 Å². The highest BCUT2D eigenvalue weighted by Gasteiger charge is 2.48. The fourth-order valence-electron chi connectivity index (χ4n) is 1.69. The molecule has 1 saturated heterocycles. The summed E-state index contributed by atoms with van der Waals surface area (Å²) in [5, 5.41) is 9.54. The van der Waals surface area contributed by atoms with Crippen LogP contribution in [0.4, 0.5) is 0 Å². The van der Waals surface area contributed by atoms with Gasteiger partial charge in [-0.1, -0.05) is 11.8 Å². The molecule has 1 aliphatic rings. The maximum absolute atomic E-state index is 11.0. The van der Waals surface area contributed by atoms with E-state index in [1.165, 1.54) is 20.8 Å². The minimum Gasteiger partial charge on any atom is -0.456 e. The molecule has 0 radical (unpaired) electrons. The van der Waals surface area contributed by atoms with Gasteiger partial charge in [-0.15, -0.1) is 0 Å². The van der Waals surface area contributed by atoms with Crippen LogP contribution in [0.15, 0.2) is 0 Å². The average Bonchev–Trinajstić information content (AvgIpc) is 2.53. The zero-order chi connectivity index (χ0) is 14.6. The number of rotatable bonds is 4. The summed E-state index contributed by atoms with van der Waals surface area (Å²) in [5.74, 6) is -1.01. The number of thioether (sulfide) groups is 1. The molecule has 19 heavy (non-hydrogen) atoms. The first kappa shape index (κ1) is 15.9. The third kappa shape index (κ3) is 4.81. The van der Waals surface area contributed by atoms with Gasteiger partial charge in [-0.05, 0) is 0 Å². The standard InChI is InChI=1S/C11H16O7S/c1-5(12)16-9-8(4-19-7(3)14)18-11(15)10(9)17-6(2)13/h8-11,15H,4H2,1-3H3/t8-,9-,10-,11-/m1/s1. The normalized spacial score (nSPS) is 29.9. The van der Waals surface area contributed by atoms with Crippen molar-refractivity contribution in [3.05, 3.63) is 0 Å². The van der Waals surface area contributed by atoms with Crippen molar-refractivity contribution in [1.29, 1.82) is 0 Å². The second-order valence-electron chi connectivity index (χ2n) is 4.02. The molecule has 0 spiro atoms. The van der Waals surface area contributed by atoms with E-state index in [1.54, 1.807) is 0 Å². The highest BCUT2D eigenvalue weighted by Crippen LogP contribution is 2.28. The van der Waals surface area contributed by atoms with Crippen LogP contribution >= 0.6 is 11.8 Å². The number of esters is 2. The van der Waals surface area contributed by atoms with Gasteiger partial charge in [0.05, 0.1) is 0 Å². The molecule has 8 heteroatoms. The quantitative estimate of drug-likeness (QED) is 0.714. The number of aliphatic hydroxyl groups excluding tert-OH is 1. The highest BCUT2D eigenvalue weighted by molar-refractivity contribution is 8.13. The fourth-order valence-corrected chi connectivity index (χ4v) is 2.36. The van der Waals surface area contributed by atoms with Gasteiger partial charge < -0.3 is 19.3 Å². The van der Waals surface area contributed by atoms with Gasteiger partial charge >= 0.3 is 11.9 Å². The van der Waals surface area contributed by atoms with Crippen LogP contribution in [0, 0.1) is 0 Å². The molecule has 1 fully saturated rings. The monoisotopic (exact) mass is 292 g/mol. The Balaban J connectivity index is 2.76. The van der Waals surface area contributed by atoms with Crippen LogP contribution in [0.5, 0.6) is 0 Å². The first-order valence-corrected chi connectivity index (χ1v) is 6.61. The number of aliphatic hydroxyl groups is 1. The van der Waals surface area contributed by atoms with E-state index in [4.69, 9.17) is 14.2 Å². The average molecular weight is 292 g/mol. The minimum absolute atomic E-state index is 0.129. The van der Waals surface area contributed by atoms with Crippen molar-refractivity contribution in [3.8, 4) is 0 Å². The third-order valence-corrected chi connectivity index (χ3v) is 3.24. The van der Waals surface area contributed by atoms with Crippen LogP contribution in [0.1, 0.15) is 20.8 Å². The van der Waals surface area contributed by atoms with Gasteiger partial charge in [-0.3, -0.25) is 14.4 Å². The Morgan fingerprint density at radius 2 is 1.63 bits per heavy atom. The second kappa shape index (κ2) is 6.88. The van der Waals surface area contributed by atoms with E-state index < -0.39 is 36.5 Å². The summed E-state index contributed by atoms with van der Waals surface area (Å²) >= 11 is 0.976. The molecule has 0 unspecified atom stereocenters. The lowest BCUT2D eigenvalue weighted by molar-refractivity contribution is -0.174. The molecule has 1 N–H and O–H groups in total. The molecule has 1 aliphatic heterocycles. The van der Waals surface area contributed by atoms with Gasteiger partial charge in [0.25, 0.3) is 0 Å². The van der Waals surface area contributed by atoms with Gasteiger partial charge in [-0.25, -0.2) is 0 Å². The lowest BCUT2D eigenvalue weighted by Gasteiger charge is -2.21. The summed E-state index contributed by atoms with van der Waals surface area (Å²) in [6.45, 7) is 3.76. The number of carbonyl (C=O) groups excluding carboxylic acids is 3. The molecule has 0 aromatic carbocycles. The molecular weight excluding hydrogens is 276 g/mol. The van der Waals surface area contributed by atoms with Crippen LogP contribution in [0.3, 0.4) is 0 Å². The zero-order valence-corrected chi connectivity index (χ0v) is 11.6. The van der Waals surface area contributed by atoms with Crippen molar-refractivity contribution < 1.29 is 33.7 Å². The van der Waals surface area contributed by atoms with E-state index in [2.05, 4.69) is 0 Å². The van der Waals surface area contributed by atoms with Crippen LogP contribution in [0.25, 0.3) is 0 Å². The maximum atomic E-state index is 11.0. The predicted octanol–water partition coefficient (Wildman–Crippen LogP) is -0.153. The number of ether oxygens (including phenoxy) is 3. The van der Waals surface area contributed by atoms with Crippen molar-refractivity contribution in [2.75, 3.05) is 5.75 Å². The summed E-state index contributed by atoms with van der Waals surface area (Å²) in [5.41, 5.74) is 0. The zero-order valence-electron chi connectivity index (χ0n) is 10.8. The summed E-state index contributed by atoms with van der Waals surface area (Å²) in [6, 6.07) is 0. The smallest absolute Gasteiger partial charge is 0.303 e. The molecule has 0 bridgehead atoms. The summed E-state index contributed by atoms with van der Waals surface area (Å²) < 4.78 is 15.1. The van der Waals surface area contributed by atoms with E-state index in [0.717, 1.165) is 11.8 Å². The Bertz CT molecular complexity index is 370. The van der Waals surface area contributed by atoms with Crippen molar-refractivity contribution in [2.45, 2.75) is 45.4 Å². The van der Waals surface area contributed by atoms with Crippen molar-refractivity contribution >= 4 is 28.8 Å². The Hall–Kier alpha value is -1.12. The Morgan fingerprint density at radius 1 is 1.11 bits per heavy atom. The van der Waals surface area contributed by atoms with Crippen molar-refractivity contribution in [1.82, 2.24) is 0 Å². The molecule has 4 atom stereocenters. The van der Waals surface area contributed by atoms with Gasteiger partial charge in [0.2, 0.25) is 0 Å². The van der Waals surface area contributed by atoms with Gasteiger partial charge in [0.15, 0.2) is 23.6 Å². The van der Waals surface area contributed by atoms with E-state index in [-0.39, 0.29) is 10.9 Å². The fraction of sp³-hybridized carbons (Fsp3) is 0.727. The molecule has 7 nitrogen and oxygen atoms in total. The Labute approximate surface area is 114 Å². The topological polar surface area (TPSA) is 99.1 Å². The summed E-state index contributed by atoms with van der Waals surface area (Å²) in [6.07, 6.45) is -4.11. The van der Waals surface area contributed by atoms with E-state index in [9.17, 15) is 19.5 Å².